The topological polar surface area (TPSA) is 56.6 Å². The van der Waals surface area contributed by atoms with Crippen molar-refractivity contribution < 1.29 is 22.6 Å². The highest BCUT2D eigenvalue weighted by molar-refractivity contribution is 7.21. The number of halogens is 4. The Morgan fingerprint density at radius 1 is 1.11 bits per heavy atom. The minimum Gasteiger partial charge on any atom is -0.493 e. The highest BCUT2D eigenvalue weighted by Crippen LogP contribution is 2.33. The summed E-state index contributed by atoms with van der Waals surface area (Å²) in [6.45, 7) is 0.791. The fourth-order valence-electron chi connectivity index (χ4n) is 3.99. The fraction of sp³-hybridized carbons (Fsp3) is 0.280. The second kappa shape index (κ2) is 9.76. The summed E-state index contributed by atoms with van der Waals surface area (Å²) in [5, 5.41) is 1.35. The third-order valence-corrected chi connectivity index (χ3v) is 7.25. The van der Waals surface area contributed by atoms with Crippen LogP contribution in [0.5, 0.6) is 11.5 Å². The molecule has 0 atom stereocenters. The number of methoxy groups -OCH3 is 1. The summed E-state index contributed by atoms with van der Waals surface area (Å²) in [6.07, 6.45) is -3.56. The Kier molecular flexibility index (Phi) is 6.67. The maximum Gasteiger partial charge on any atom is 0.390 e. The van der Waals surface area contributed by atoms with Gasteiger partial charge < -0.3 is 9.47 Å². The van der Waals surface area contributed by atoms with E-state index in [1.54, 1.807) is 47.5 Å². The Hall–Kier alpha value is -3.08. The lowest BCUT2D eigenvalue weighted by Gasteiger charge is -2.39. The highest BCUT2D eigenvalue weighted by Gasteiger charge is 2.33. The summed E-state index contributed by atoms with van der Waals surface area (Å²) in [5.74, 6) is 0.901. The van der Waals surface area contributed by atoms with Crippen molar-refractivity contribution in [2.24, 2.45) is 0 Å². The molecule has 3 heterocycles. The third kappa shape index (κ3) is 5.21. The molecule has 6 nitrogen and oxygen atoms in total. The lowest BCUT2D eigenvalue weighted by atomic mass is 10.1. The summed E-state index contributed by atoms with van der Waals surface area (Å²) in [6, 6.07) is 14.2. The first kappa shape index (κ1) is 24.6. The van der Waals surface area contributed by atoms with Gasteiger partial charge in [-0.25, -0.2) is 4.98 Å². The quantitative estimate of drug-likeness (QED) is 0.300. The van der Waals surface area contributed by atoms with Gasteiger partial charge >= 0.3 is 6.18 Å². The van der Waals surface area contributed by atoms with Crippen LogP contribution in [0.25, 0.3) is 26.5 Å². The first-order valence-corrected chi connectivity index (χ1v) is 12.3. The minimum atomic E-state index is -4.16. The Morgan fingerprint density at radius 3 is 2.56 bits per heavy atom. The van der Waals surface area contributed by atoms with Gasteiger partial charge in [0, 0.05) is 42.5 Å². The van der Waals surface area contributed by atoms with Gasteiger partial charge in [-0.15, -0.1) is 11.3 Å². The molecule has 1 aliphatic heterocycles. The number of hydrogen-bond donors (Lipinski definition) is 0. The van der Waals surface area contributed by atoms with Crippen LogP contribution in [0.3, 0.4) is 0 Å². The Labute approximate surface area is 213 Å². The number of pyridine rings is 1. The Morgan fingerprint density at radius 2 is 1.86 bits per heavy atom. The zero-order valence-corrected chi connectivity index (χ0v) is 20.7. The molecule has 36 heavy (non-hydrogen) atoms. The number of aromatic nitrogens is 2. The minimum absolute atomic E-state index is 0.0395. The summed E-state index contributed by atoms with van der Waals surface area (Å²) >= 11 is 7.28. The zero-order valence-electron chi connectivity index (χ0n) is 19.1. The van der Waals surface area contributed by atoms with Gasteiger partial charge in [0.05, 0.1) is 24.7 Å². The van der Waals surface area contributed by atoms with Gasteiger partial charge in [-0.1, -0.05) is 23.7 Å². The van der Waals surface area contributed by atoms with Crippen molar-refractivity contribution in [2.75, 3.05) is 26.7 Å². The lowest BCUT2D eigenvalue weighted by Crippen LogP contribution is -2.54. The van der Waals surface area contributed by atoms with Crippen molar-refractivity contribution in [3.05, 3.63) is 70.1 Å². The van der Waals surface area contributed by atoms with Crippen LogP contribution >= 0.6 is 22.9 Å². The smallest absolute Gasteiger partial charge is 0.390 e. The number of rotatable bonds is 7. The van der Waals surface area contributed by atoms with E-state index in [9.17, 15) is 18.0 Å². The summed E-state index contributed by atoms with van der Waals surface area (Å²) in [5.41, 5.74) is 1.87. The molecule has 1 saturated heterocycles. The van der Waals surface area contributed by atoms with Gasteiger partial charge in [0.15, 0.2) is 11.5 Å². The summed E-state index contributed by atoms with van der Waals surface area (Å²) in [7, 11) is 1.50. The van der Waals surface area contributed by atoms with Gasteiger partial charge in [-0.3, -0.25) is 14.3 Å². The third-order valence-electron chi connectivity index (χ3n) is 5.89. The van der Waals surface area contributed by atoms with Crippen LogP contribution in [-0.4, -0.2) is 53.5 Å². The van der Waals surface area contributed by atoms with Crippen molar-refractivity contribution >= 4 is 33.2 Å². The first-order valence-electron chi connectivity index (χ1n) is 11.1. The maximum absolute atomic E-state index is 13.3. The van der Waals surface area contributed by atoms with Crippen LogP contribution in [0.1, 0.15) is 6.42 Å². The summed E-state index contributed by atoms with van der Waals surface area (Å²) in [4.78, 5) is 19.6. The van der Waals surface area contributed by atoms with Crippen molar-refractivity contribution in [1.82, 2.24) is 14.5 Å². The molecule has 2 aromatic heterocycles. The number of benzene rings is 2. The molecule has 1 fully saturated rings. The van der Waals surface area contributed by atoms with Gasteiger partial charge in [0.25, 0.3) is 5.56 Å². The molecule has 4 aromatic rings. The number of alkyl halides is 3. The maximum atomic E-state index is 13.3. The SMILES string of the molecule is COc1cc(-n2ccc3nc(-c4ccc(Cl)cc4)sc3c2=O)ccc1OC1CN(CCC(F)(F)F)C1. The van der Waals surface area contributed by atoms with Crippen molar-refractivity contribution in [3.8, 4) is 27.8 Å². The van der Waals surface area contributed by atoms with Gasteiger partial charge in [0.1, 0.15) is 15.8 Å². The molecular formula is C25H21ClF3N3O3S. The zero-order chi connectivity index (χ0) is 25.4. The molecule has 0 bridgehead atoms. The summed E-state index contributed by atoms with van der Waals surface area (Å²) < 4.78 is 50.6. The number of thiazole rings is 1. The normalized spacial score (nSPS) is 14.7. The van der Waals surface area contributed by atoms with Crippen LogP contribution in [0, 0.1) is 0 Å². The number of fused-ring (bicyclic) bond motifs is 1. The van der Waals surface area contributed by atoms with Crippen LogP contribution in [0.15, 0.2) is 59.5 Å². The number of nitrogens with zero attached hydrogens (tertiary/aromatic N) is 3. The Balaban J connectivity index is 1.34. The molecule has 0 aliphatic carbocycles. The molecule has 11 heteroatoms. The largest absolute Gasteiger partial charge is 0.493 e. The standard InChI is InChI=1S/C25H21ClF3N3O3S/c1-34-21-12-17(6-7-20(21)35-18-13-31(14-18)11-9-25(27,28)29)32-10-8-19-22(24(32)33)36-23(30-19)15-2-4-16(26)5-3-15/h2-8,10,12,18H,9,11,13-14H2,1H3. The van der Waals surface area contributed by atoms with E-state index < -0.39 is 12.6 Å². The molecule has 0 spiro atoms. The van der Waals surface area contributed by atoms with Gasteiger partial charge in [0.2, 0.25) is 0 Å². The van der Waals surface area contributed by atoms with E-state index in [-0.39, 0.29) is 18.2 Å². The fourth-order valence-corrected chi connectivity index (χ4v) is 5.11. The average molecular weight is 536 g/mol. The van der Waals surface area contributed by atoms with E-state index in [1.807, 2.05) is 12.1 Å². The van der Waals surface area contributed by atoms with E-state index in [4.69, 9.17) is 21.1 Å². The molecule has 1 aliphatic rings. The van der Waals surface area contributed by atoms with Crippen LogP contribution in [0.2, 0.25) is 5.02 Å². The highest BCUT2D eigenvalue weighted by atomic mass is 35.5. The van der Waals surface area contributed by atoms with Crippen LogP contribution in [0.4, 0.5) is 13.2 Å². The number of hydrogen-bond acceptors (Lipinski definition) is 6. The van der Waals surface area contributed by atoms with Crippen LogP contribution in [-0.2, 0) is 0 Å². The molecular weight excluding hydrogens is 515 g/mol. The number of likely N-dealkylation sites (tertiary alicyclic amines) is 1. The second-order valence-corrected chi connectivity index (χ2v) is 9.87. The Bertz CT molecular complexity index is 1450. The van der Waals surface area contributed by atoms with Gasteiger partial charge in [-0.05, 0) is 30.3 Å². The number of ether oxygens (including phenoxy) is 2. The first-order chi connectivity index (χ1) is 17.2. The van der Waals surface area contributed by atoms with Crippen molar-refractivity contribution in [2.45, 2.75) is 18.7 Å². The van der Waals surface area contributed by atoms with E-state index in [0.717, 1.165) is 10.6 Å². The monoisotopic (exact) mass is 535 g/mol. The average Bonchev–Trinajstić information content (AvgIpc) is 3.26. The molecule has 188 valence electrons. The molecule has 0 unspecified atom stereocenters. The lowest BCUT2D eigenvalue weighted by molar-refractivity contribution is -0.142. The van der Waals surface area contributed by atoms with Crippen LogP contribution < -0.4 is 15.0 Å². The van der Waals surface area contributed by atoms with Gasteiger partial charge in [-0.2, -0.15) is 13.2 Å². The second-order valence-electron chi connectivity index (χ2n) is 8.43. The van der Waals surface area contributed by atoms with Crippen molar-refractivity contribution in [1.29, 1.82) is 0 Å². The molecule has 0 saturated carbocycles. The molecule has 0 radical (unpaired) electrons. The van der Waals surface area contributed by atoms with E-state index in [1.165, 1.54) is 23.0 Å². The van der Waals surface area contributed by atoms with Crippen molar-refractivity contribution in [3.63, 3.8) is 0 Å². The van der Waals surface area contributed by atoms with E-state index >= 15 is 0 Å². The molecule has 0 amide bonds. The van der Waals surface area contributed by atoms with E-state index in [0.29, 0.717) is 45.5 Å². The predicted octanol–water partition coefficient (Wildman–Crippen LogP) is 5.79. The molecule has 2 aromatic carbocycles. The predicted molar refractivity (Wildman–Crippen MR) is 134 cm³/mol. The molecule has 0 N–H and O–H groups in total. The molecule has 5 rings (SSSR count). The van der Waals surface area contributed by atoms with E-state index in [2.05, 4.69) is 4.98 Å².